The maximum atomic E-state index is 12.4. The molecule has 0 fully saturated rings. The van der Waals surface area contributed by atoms with E-state index in [4.69, 9.17) is 0 Å². The molecule has 2 nitrogen and oxygen atoms in total. The van der Waals surface area contributed by atoms with Gasteiger partial charge in [0.15, 0.2) is 5.78 Å². The average Bonchev–Trinajstić information content (AvgIpc) is 2.89. The van der Waals surface area contributed by atoms with E-state index >= 15 is 0 Å². The van der Waals surface area contributed by atoms with E-state index in [1.807, 2.05) is 65.6 Å². The maximum absolute atomic E-state index is 12.4. The minimum absolute atomic E-state index is 0.125. The van der Waals surface area contributed by atoms with Crippen LogP contribution in [0.2, 0.25) is 0 Å². The van der Waals surface area contributed by atoms with Crippen molar-refractivity contribution in [2.24, 2.45) is 0 Å². The predicted molar refractivity (Wildman–Crippen MR) is 92.2 cm³/mol. The molecule has 3 rings (SSSR count). The Morgan fingerprint density at radius 3 is 2.62 bits per heavy atom. The Kier molecular flexibility index (Phi) is 4.17. The Balaban J connectivity index is 1.87. The summed E-state index contributed by atoms with van der Waals surface area (Å²) in [5.74, 6) is 0.125. The second-order valence-electron chi connectivity index (χ2n) is 4.80. The van der Waals surface area contributed by atoms with Crippen molar-refractivity contribution in [3.05, 3.63) is 64.8 Å². The van der Waals surface area contributed by atoms with E-state index in [1.165, 1.54) is 4.90 Å². The van der Waals surface area contributed by atoms with Crippen molar-refractivity contribution in [2.75, 3.05) is 6.26 Å². The van der Waals surface area contributed by atoms with E-state index in [0.717, 1.165) is 20.9 Å². The van der Waals surface area contributed by atoms with Gasteiger partial charge in [0, 0.05) is 26.6 Å². The van der Waals surface area contributed by atoms with E-state index in [0.29, 0.717) is 6.54 Å². The van der Waals surface area contributed by atoms with Crippen molar-refractivity contribution in [1.29, 1.82) is 0 Å². The van der Waals surface area contributed by atoms with Crippen molar-refractivity contribution < 1.29 is 4.79 Å². The van der Waals surface area contributed by atoms with Crippen LogP contribution < -0.4 is 0 Å². The lowest BCUT2D eigenvalue weighted by atomic mass is 10.1. The van der Waals surface area contributed by atoms with Gasteiger partial charge in [0.2, 0.25) is 0 Å². The highest BCUT2D eigenvalue weighted by atomic mass is 79.9. The minimum Gasteiger partial charge on any atom is -0.340 e. The lowest BCUT2D eigenvalue weighted by Crippen LogP contribution is -2.09. The fourth-order valence-electron chi connectivity index (χ4n) is 2.32. The van der Waals surface area contributed by atoms with Crippen LogP contribution in [0, 0.1) is 0 Å². The normalized spacial score (nSPS) is 11.0. The molecule has 0 aliphatic heterocycles. The van der Waals surface area contributed by atoms with E-state index in [2.05, 4.69) is 15.9 Å². The molecule has 0 aliphatic rings. The van der Waals surface area contributed by atoms with Gasteiger partial charge in [0.05, 0.1) is 6.54 Å². The van der Waals surface area contributed by atoms with Crippen LogP contribution in [-0.4, -0.2) is 16.6 Å². The molecule has 0 N–H and O–H groups in total. The van der Waals surface area contributed by atoms with Crippen LogP contribution in [0.5, 0.6) is 0 Å². The molecule has 2 aromatic carbocycles. The molecule has 0 aliphatic carbocycles. The number of hydrogen-bond donors (Lipinski definition) is 0. The summed E-state index contributed by atoms with van der Waals surface area (Å²) in [4.78, 5) is 13.6. The van der Waals surface area contributed by atoms with Crippen LogP contribution in [-0.2, 0) is 6.54 Å². The van der Waals surface area contributed by atoms with Gasteiger partial charge in [0.1, 0.15) is 0 Å². The van der Waals surface area contributed by atoms with Crippen LogP contribution >= 0.6 is 27.7 Å². The number of nitrogens with zero attached hydrogens (tertiary/aromatic N) is 1. The maximum Gasteiger partial charge on any atom is 0.182 e. The van der Waals surface area contributed by atoms with Gasteiger partial charge in [0.25, 0.3) is 0 Å². The summed E-state index contributed by atoms with van der Waals surface area (Å²) >= 11 is 5.15. The largest absolute Gasteiger partial charge is 0.340 e. The topological polar surface area (TPSA) is 22.0 Å². The van der Waals surface area contributed by atoms with Crippen LogP contribution in [0.25, 0.3) is 10.9 Å². The van der Waals surface area contributed by atoms with E-state index in [9.17, 15) is 4.79 Å². The second-order valence-corrected chi connectivity index (χ2v) is 6.59. The van der Waals surface area contributed by atoms with Crippen molar-refractivity contribution in [2.45, 2.75) is 11.4 Å². The smallest absolute Gasteiger partial charge is 0.182 e. The first-order valence-electron chi connectivity index (χ1n) is 6.59. The van der Waals surface area contributed by atoms with Crippen LogP contribution in [0.4, 0.5) is 0 Å². The Morgan fingerprint density at radius 2 is 1.90 bits per heavy atom. The third-order valence-electron chi connectivity index (χ3n) is 3.46. The number of rotatable bonds is 4. The Labute approximate surface area is 136 Å². The lowest BCUT2D eigenvalue weighted by molar-refractivity contribution is 0.0973. The molecule has 0 amide bonds. The highest BCUT2D eigenvalue weighted by Crippen LogP contribution is 2.21. The number of hydrogen-bond acceptors (Lipinski definition) is 2. The Bertz CT molecular complexity index is 792. The van der Waals surface area contributed by atoms with Crippen molar-refractivity contribution >= 4 is 44.4 Å². The summed E-state index contributed by atoms with van der Waals surface area (Å²) in [5.41, 5.74) is 1.82. The monoisotopic (exact) mass is 359 g/mol. The molecule has 0 saturated carbocycles. The highest BCUT2D eigenvalue weighted by Gasteiger charge is 2.09. The summed E-state index contributed by atoms with van der Waals surface area (Å²) in [6, 6.07) is 15.9. The number of halogens is 1. The van der Waals surface area contributed by atoms with Gasteiger partial charge in [-0.3, -0.25) is 4.79 Å². The summed E-state index contributed by atoms with van der Waals surface area (Å²) in [6.07, 6.45) is 3.99. The number of carbonyl (C=O) groups excluding carboxylic acids is 1. The SMILES string of the molecule is CSc1ccc(C(=O)Cn2ccc3ccc(Br)cc32)cc1. The lowest BCUT2D eigenvalue weighted by Gasteiger charge is -2.06. The molecule has 106 valence electrons. The molecule has 4 heteroatoms. The van der Waals surface area contributed by atoms with Crippen LogP contribution in [0.3, 0.4) is 0 Å². The third kappa shape index (κ3) is 3.06. The Morgan fingerprint density at radius 1 is 1.14 bits per heavy atom. The molecule has 21 heavy (non-hydrogen) atoms. The standard InChI is InChI=1S/C17H14BrNOS/c1-21-15-6-3-13(4-7-15)17(20)11-19-9-8-12-2-5-14(18)10-16(12)19/h2-10H,11H2,1H3. The summed E-state index contributed by atoms with van der Waals surface area (Å²) in [6.45, 7) is 0.360. The Hall–Kier alpha value is -1.52. The van der Waals surface area contributed by atoms with Gasteiger partial charge < -0.3 is 4.57 Å². The van der Waals surface area contributed by atoms with E-state index < -0.39 is 0 Å². The molecule has 0 unspecified atom stereocenters. The predicted octanol–water partition coefficient (Wildman–Crippen LogP) is 5.01. The molecule has 0 saturated heterocycles. The van der Waals surface area contributed by atoms with Gasteiger partial charge in [-0.05, 0) is 42.0 Å². The second kappa shape index (κ2) is 6.08. The molecule has 1 aromatic heterocycles. The zero-order chi connectivity index (χ0) is 14.8. The molecule has 0 bridgehead atoms. The van der Waals surface area contributed by atoms with Gasteiger partial charge in [-0.1, -0.05) is 34.1 Å². The summed E-state index contributed by atoms with van der Waals surface area (Å²) in [7, 11) is 0. The molecular weight excluding hydrogens is 346 g/mol. The fraction of sp³-hybridized carbons (Fsp3) is 0.118. The van der Waals surface area contributed by atoms with Crippen LogP contribution in [0.1, 0.15) is 10.4 Å². The number of carbonyl (C=O) groups is 1. The first-order chi connectivity index (χ1) is 10.2. The first kappa shape index (κ1) is 14.4. The van der Waals surface area contributed by atoms with Gasteiger partial charge >= 0.3 is 0 Å². The van der Waals surface area contributed by atoms with Crippen LogP contribution in [0.15, 0.2) is 64.1 Å². The number of fused-ring (bicyclic) bond motifs is 1. The molecule has 0 radical (unpaired) electrons. The summed E-state index contributed by atoms with van der Waals surface area (Å²) < 4.78 is 3.01. The number of ketones is 1. The van der Waals surface area contributed by atoms with E-state index in [1.54, 1.807) is 11.8 Å². The highest BCUT2D eigenvalue weighted by molar-refractivity contribution is 9.10. The zero-order valence-corrected chi connectivity index (χ0v) is 13.9. The van der Waals surface area contributed by atoms with Crippen molar-refractivity contribution in [3.63, 3.8) is 0 Å². The average molecular weight is 360 g/mol. The number of Topliss-reactive ketones (excluding diaryl/α,β-unsaturated/α-hetero) is 1. The summed E-state index contributed by atoms with van der Waals surface area (Å²) in [5, 5.41) is 1.14. The molecule has 3 aromatic rings. The van der Waals surface area contributed by atoms with Gasteiger partial charge in [-0.2, -0.15) is 0 Å². The quantitative estimate of drug-likeness (QED) is 0.482. The van der Waals surface area contributed by atoms with Gasteiger partial charge in [-0.25, -0.2) is 0 Å². The van der Waals surface area contributed by atoms with Gasteiger partial charge in [-0.15, -0.1) is 11.8 Å². The van der Waals surface area contributed by atoms with Crippen molar-refractivity contribution in [3.8, 4) is 0 Å². The number of thioether (sulfide) groups is 1. The number of benzene rings is 2. The molecule has 0 spiro atoms. The van der Waals surface area contributed by atoms with Crippen molar-refractivity contribution in [1.82, 2.24) is 4.57 Å². The third-order valence-corrected chi connectivity index (χ3v) is 4.70. The minimum atomic E-state index is 0.125. The molecular formula is C17H14BrNOS. The zero-order valence-electron chi connectivity index (χ0n) is 11.5. The molecule has 0 atom stereocenters. The molecule has 1 heterocycles. The fourth-order valence-corrected chi connectivity index (χ4v) is 3.08. The first-order valence-corrected chi connectivity index (χ1v) is 8.61. The van der Waals surface area contributed by atoms with E-state index in [-0.39, 0.29) is 5.78 Å². The number of aromatic nitrogens is 1.